The molecule has 4 heteroatoms. The van der Waals surface area contributed by atoms with Crippen molar-refractivity contribution >= 4 is 5.91 Å². The van der Waals surface area contributed by atoms with E-state index in [1.807, 2.05) is 91.0 Å². The van der Waals surface area contributed by atoms with E-state index in [1.165, 1.54) is 0 Å². The summed E-state index contributed by atoms with van der Waals surface area (Å²) in [5.41, 5.74) is 2.01. The highest BCUT2D eigenvalue weighted by Crippen LogP contribution is 2.38. The fourth-order valence-corrected chi connectivity index (χ4v) is 3.53. The molecule has 1 heterocycles. The normalized spacial score (nSPS) is 19.5. The van der Waals surface area contributed by atoms with Crippen LogP contribution in [0, 0.1) is 0 Å². The molecular weight excluding hydrogens is 327 g/mol. The van der Waals surface area contributed by atoms with E-state index in [1.54, 1.807) is 0 Å². The molecule has 1 aliphatic heterocycles. The molecule has 4 rings (SSSR count). The number of benzene rings is 3. The van der Waals surface area contributed by atoms with Gasteiger partial charge in [0.15, 0.2) is 6.30 Å². The molecule has 3 aromatic rings. The van der Waals surface area contributed by atoms with Crippen molar-refractivity contribution in [2.75, 3.05) is 0 Å². The van der Waals surface area contributed by atoms with Crippen molar-refractivity contribution < 1.29 is 9.18 Å². The second-order valence-electron chi connectivity index (χ2n) is 6.38. The summed E-state index contributed by atoms with van der Waals surface area (Å²) in [6.07, 6.45) is -1.40. The number of alkyl halides is 1. The first-order valence-electron chi connectivity index (χ1n) is 8.60. The number of carbonyl (C=O) groups is 1. The van der Waals surface area contributed by atoms with Gasteiger partial charge in [-0.2, -0.15) is 0 Å². The Morgan fingerprint density at radius 2 is 1.12 bits per heavy atom. The van der Waals surface area contributed by atoms with E-state index in [0.717, 1.165) is 16.7 Å². The number of nitrogens with one attached hydrogen (secondary N) is 2. The van der Waals surface area contributed by atoms with Crippen molar-refractivity contribution in [3.63, 3.8) is 0 Å². The summed E-state index contributed by atoms with van der Waals surface area (Å²) in [5, 5.41) is 5.59. The van der Waals surface area contributed by atoms with Crippen LogP contribution >= 0.6 is 0 Å². The highest BCUT2D eigenvalue weighted by Gasteiger charge is 2.47. The maximum Gasteiger partial charge on any atom is 0.244 e. The number of amides is 1. The highest BCUT2D eigenvalue weighted by molar-refractivity contribution is 5.89. The Morgan fingerprint density at radius 1 is 0.731 bits per heavy atom. The number of carbonyl (C=O) groups excluding carboxylic acids is 1. The second-order valence-corrected chi connectivity index (χ2v) is 6.38. The van der Waals surface area contributed by atoms with E-state index >= 15 is 0 Å². The van der Waals surface area contributed by atoms with Gasteiger partial charge in [-0.25, -0.2) is 4.39 Å². The molecule has 0 saturated carbocycles. The third-order valence-corrected chi connectivity index (χ3v) is 4.85. The maximum absolute atomic E-state index is 14.1. The highest BCUT2D eigenvalue weighted by atomic mass is 19.1. The average Bonchev–Trinajstić information content (AvgIpc) is 2.71. The molecule has 130 valence electrons. The first-order valence-corrected chi connectivity index (χ1v) is 8.60. The number of hydrogen-bond donors (Lipinski definition) is 2. The van der Waals surface area contributed by atoms with Gasteiger partial charge < -0.3 is 5.32 Å². The second kappa shape index (κ2) is 6.73. The van der Waals surface area contributed by atoms with E-state index in [4.69, 9.17) is 0 Å². The lowest BCUT2D eigenvalue weighted by molar-refractivity contribution is -0.137. The van der Waals surface area contributed by atoms with Crippen LogP contribution in [-0.4, -0.2) is 18.2 Å². The summed E-state index contributed by atoms with van der Waals surface area (Å²) in [4.78, 5) is 12.0. The van der Waals surface area contributed by atoms with Crippen LogP contribution in [0.2, 0.25) is 0 Å². The quantitative estimate of drug-likeness (QED) is 0.423. The summed E-state index contributed by atoms with van der Waals surface area (Å²) >= 11 is 0. The van der Waals surface area contributed by atoms with Crippen LogP contribution in [0.15, 0.2) is 91.0 Å². The molecule has 1 saturated heterocycles. The Morgan fingerprint density at radius 3 is 1.42 bits per heavy atom. The van der Waals surface area contributed by atoms with Gasteiger partial charge in [0.1, 0.15) is 6.04 Å². The SMILES string of the molecule is O=C1NC(F)[C@H]1NC(c1ccccc1)(c1ccccc1)c1ccccc1. The fraction of sp³-hybridized carbons (Fsp3) is 0.136. The van der Waals surface area contributed by atoms with E-state index in [-0.39, 0.29) is 5.91 Å². The van der Waals surface area contributed by atoms with Gasteiger partial charge in [-0.1, -0.05) is 91.0 Å². The molecule has 2 atom stereocenters. The van der Waals surface area contributed by atoms with Crippen molar-refractivity contribution in [1.29, 1.82) is 0 Å². The molecule has 1 aliphatic rings. The standard InChI is InChI=1S/C22H19FN2O/c23-20-19(21(26)24-20)25-22(16-10-4-1-5-11-16,17-12-6-2-7-13-17)18-14-8-3-9-15-18/h1-15,19-20,25H,(H,24,26)/t19-,20?/m1/s1. The number of β-lactam (4-membered cyclic amide) rings is 1. The van der Waals surface area contributed by atoms with Crippen molar-refractivity contribution in [2.24, 2.45) is 0 Å². The van der Waals surface area contributed by atoms with E-state index in [9.17, 15) is 9.18 Å². The van der Waals surface area contributed by atoms with Gasteiger partial charge in [-0.15, -0.1) is 0 Å². The molecule has 3 aromatic carbocycles. The Hall–Kier alpha value is -2.98. The van der Waals surface area contributed by atoms with Crippen molar-refractivity contribution in [3.05, 3.63) is 108 Å². The zero-order chi connectivity index (χ0) is 18.0. The minimum Gasteiger partial charge on any atom is -0.323 e. The van der Waals surface area contributed by atoms with Crippen LogP contribution in [-0.2, 0) is 10.3 Å². The lowest BCUT2D eigenvalue weighted by Crippen LogP contribution is -2.70. The molecular formula is C22H19FN2O. The minimum absolute atomic E-state index is 0.329. The van der Waals surface area contributed by atoms with Crippen LogP contribution in [0.25, 0.3) is 0 Å². The lowest BCUT2D eigenvalue weighted by Gasteiger charge is -2.43. The molecule has 0 radical (unpaired) electrons. The molecule has 1 fully saturated rings. The molecule has 26 heavy (non-hydrogen) atoms. The summed E-state index contributed by atoms with van der Waals surface area (Å²) < 4.78 is 14.1. The number of halogens is 1. The van der Waals surface area contributed by atoms with Crippen molar-refractivity contribution in [2.45, 2.75) is 17.9 Å². The van der Waals surface area contributed by atoms with Crippen LogP contribution in [0.4, 0.5) is 4.39 Å². The molecule has 3 nitrogen and oxygen atoms in total. The van der Waals surface area contributed by atoms with Crippen LogP contribution in [0.3, 0.4) is 0 Å². The largest absolute Gasteiger partial charge is 0.323 e. The third kappa shape index (κ3) is 2.68. The molecule has 1 unspecified atom stereocenters. The molecule has 1 amide bonds. The Balaban J connectivity index is 1.95. The van der Waals surface area contributed by atoms with Crippen molar-refractivity contribution in [1.82, 2.24) is 10.6 Å². The monoisotopic (exact) mass is 346 g/mol. The van der Waals surface area contributed by atoms with Gasteiger partial charge in [0, 0.05) is 0 Å². The summed E-state index contributed by atoms with van der Waals surface area (Å²) in [6, 6.07) is 28.6. The van der Waals surface area contributed by atoms with Gasteiger partial charge in [-0.05, 0) is 16.7 Å². The predicted molar refractivity (Wildman–Crippen MR) is 99.2 cm³/mol. The van der Waals surface area contributed by atoms with Crippen LogP contribution in [0.5, 0.6) is 0 Å². The summed E-state index contributed by atoms with van der Waals surface area (Å²) in [6.45, 7) is 0. The first kappa shape index (κ1) is 16.5. The summed E-state index contributed by atoms with van der Waals surface area (Å²) in [7, 11) is 0. The topological polar surface area (TPSA) is 41.1 Å². The molecule has 0 bridgehead atoms. The Bertz CT molecular complexity index is 787. The van der Waals surface area contributed by atoms with Gasteiger partial charge in [0.2, 0.25) is 5.91 Å². The smallest absolute Gasteiger partial charge is 0.244 e. The van der Waals surface area contributed by atoms with E-state index < -0.39 is 17.9 Å². The molecule has 0 aliphatic carbocycles. The van der Waals surface area contributed by atoms with Gasteiger partial charge in [0.05, 0.1) is 5.54 Å². The van der Waals surface area contributed by atoms with E-state index in [0.29, 0.717) is 0 Å². The van der Waals surface area contributed by atoms with Crippen molar-refractivity contribution in [3.8, 4) is 0 Å². The summed E-state index contributed by atoms with van der Waals surface area (Å²) in [5.74, 6) is -0.329. The molecule has 0 aromatic heterocycles. The Labute approximate surface area is 151 Å². The molecule has 0 spiro atoms. The molecule has 2 N–H and O–H groups in total. The third-order valence-electron chi connectivity index (χ3n) is 4.85. The van der Waals surface area contributed by atoms with Gasteiger partial charge in [-0.3, -0.25) is 10.1 Å². The lowest BCUT2D eigenvalue weighted by atomic mass is 9.76. The Kier molecular flexibility index (Phi) is 4.27. The van der Waals surface area contributed by atoms with Gasteiger partial charge >= 0.3 is 0 Å². The predicted octanol–water partition coefficient (Wildman–Crippen LogP) is 3.36. The zero-order valence-corrected chi connectivity index (χ0v) is 14.1. The fourth-order valence-electron chi connectivity index (χ4n) is 3.53. The first-order chi connectivity index (χ1) is 12.7. The van der Waals surface area contributed by atoms with Crippen LogP contribution < -0.4 is 10.6 Å². The number of rotatable bonds is 5. The number of hydrogen-bond acceptors (Lipinski definition) is 2. The van der Waals surface area contributed by atoms with Crippen LogP contribution in [0.1, 0.15) is 16.7 Å². The minimum atomic E-state index is -1.40. The van der Waals surface area contributed by atoms with E-state index in [2.05, 4.69) is 10.6 Å². The maximum atomic E-state index is 14.1. The zero-order valence-electron chi connectivity index (χ0n) is 14.1. The van der Waals surface area contributed by atoms with Gasteiger partial charge in [0.25, 0.3) is 0 Å². The average molecular weight is 346 g/mol.